The summed E-state index contributed by atoms with van der Waals surface area (Å²) < 4.78 is 30.7. The van der Waals surface area contributed by atoms with E-state index >= 15 is 0 Å². The number of fused-ring (bicyclic) bond motifs is 1. The smallest absolute Gasteiger partial charge is 0.328 e. The summed E-state index contributed by atoms with van der Waals surface area (Å²) in [6, 6.07) is 4.48. The van der Waals surface area contributed by atoms with Gasteiger partial charge in [0, 0.05) is 26.7 Å². The summed E-state index contributed by atoms with van der Waals surface area (Å²) in [4.78, 5) is 12.1. The summed E-state index contributed by atoms with van der Waals surface area (Å²) in [5, 5.41) is 0. The van der Waals surface area contributed by atoms with E-state index in [0.717, 1.165) is 12.8 Å². The average Bonchev–Trinajstić information content (AvgIpc) is 3.31. The van der Waals surface area contributed by atoms with Crippen LogP contribution in [-0.4, -0.2) is 30.1 Å². The molecule has 3 rings (SSSR count). The van der Waals surface area contributed by atoms with Crippen molar-refractivity contribution in [3.05, 3.63) is 28.7 Å². The lowest BCUT2D eigenvalue weighted by molar-refractivity contribution is 0.519. The van der Waals surface area contributed by atoms with Crippen molar-refractivity contribution >= 4 is 33.5 Å². The molecule has 1 aromatic heterocycles. The van der Waals surface area contributed by atoms with Gasteiger partial charge in [-0.15, -0.1) is 12.4 Å². The van der Waals surface area contributed by atoms with Gasteiger partial charge in [0.05, 0.1) is 15.9 Å². The Morgan fingerprint density at radius 3 is 2.43 bits per heavy atom. The Morgan fingerprint density at radius 2 is 1.87 bits per heavy atom. The lowest BCUT2D eigenvalue weighted by Crippen LogP contribution is -2.41. The molecule has 3 N–H and O–H groups in total. The molecule has 7 nitrogen and oxygen atoms in total. The molecule has 1 aromatic carbocycles. The number of nitrogens with two attached hydrogens (primary N) is 1. The maximum absolute atomic E-state index is 12.5. The molecule has 23 heavy (non-hydrogen) atoms. The minimum Gasteiger partial charge on any atom is -0.329 e. The predicted molar refractivity (Wildman–Crippen MR) is 91.3 cm³/mol. The van der Waals surface area contributed by atoms with Gasteiger partial charge in [0.15, 0.2) is 0 Å². The number of aromatic nitrogens is 2. The van der Waals surface area contributed by atoms with E-state index < -0.39 is 10.0 Å². The Bertz CT molecular complexity index is 883. The van der Waals surface area contributed by atoms with Gasteiger partial charge in [-0.2, -0.15) is 0 Å². The number of benzene rings is 1. The van der Waals surface area contributed by atoms with E-state index in [9.17, 15) is 13.2 Å². The molecule has 1 fully saturated rings. The first-order chi connectivity index (χ1) is 10.3. The van der Waals surface area contributed by atoms with E-state index in [1.54, 1.807) is 20.2 Å². The van der Waals surface area contributed by atoms with Crippen LogP contribution in [0.4, 0.5) is 0 Å². The summed E-state index contributed by atoms with van der Waals surface area (Å²) >= 11 is 0. The molecule has 1 aliphatic carbocycles. The largest absolute Gasteiger partial charge is 0.329 e. The van der Waals surface area contributed by atoms with Crippen LogP contribution in [-0.2, 0) is 24.1 Å². The third kappa shape index (κ3) is 3.16. The fraction of sp³-hybridized carbons (Fsp3) is 0.500. The number of aryl methyl sites for hydroxylation is 2. The molecular formula is C14H21ClN4O3S. The van der Waals surface area contributed by atoms with Crippen LogP contribution in [0.25, 0.3) is 11.0 Å². The molecule has 9 heteroatoms. The molecule has 0 bridgehead atoms. The zero-order valence-corrected chi connectivity index (χ0v) is 14.7. The quantitative estimate of drug-likeness (QED) is 0.801. The Hall–Kier alpha value is -1.35. The summed E-state index contributed by atoms with van der Waals surface area (Å²) in [7, 11) is -0.355. The predicted octanol–water partition coefficient (Wildman–Crippen LogP) is 0.314. The normalized spacial score (nSPS) is 16.3. The molecule has 1 saturated carbocycles. The fourth-order valence-electron chi connectivity index (χ4n) is 2.76. The Balaban J connectivity index is 0.00000192. The first-order valence-electron chi connectivity index (χ1n) is 7.23. The van der Waals surface area contributed by atoms with Crippen LogP contribution in [0.5, 0.6) is 0 Å². The first-order valence-corrected chi connectivity index (χ1v) is 8.71. The number of hydrogen-bond donors (Lipinski definition) is 2. The van der Waals surface area contributed by atoms with Gasteiger partial charge >= 0.3 is 5.69 Å². The number of imidazole rings is 1. The monoisotopic (exact) mass is 360 g/mol. The van der Waals surface area contributed by atoms with Crippen molar-refractivity contribution in [1.82, 2.24) is 13.9 Å². The molecular weight excluding hydrogens is 340 g/mol. The van der Waals surface area contributed by atoms with Gasteiger partial charge in [0.1, 0.15) is 0 Å². The maximum Gasteiger partial charge on any atom is 0.328 e. The highest BCUT2D eigenvalue weighted by molar-refractivity contribution is 7.89. The van der Waals surface area contributed by atoms with Gasteiger partial charge in [-0.1, -0.05) is 0 Å². The van der Waals surface area contributed by atoms with E-state index in [4.69, 9.17) is 5.73 Å². The molecule has 2 aromatic rings. The molecule has 0 amide bonds. The minimum atomic E-state index is -3.64. The fourth-order valence-corrected chi connectivity index (χ4v) is 4.09. The summed E-state index contributed by atoms with van der Waals surface area (Å²) in [6.07, 6.45) is 2.02. The summed E-state index contributed by atoms with van der Waals surface area (Å²) in [6.45, 7) is 0.288. The van der Waals surface area contributed by atoms with Crippen molar-refractivity contribution in [2.45, 2.75) is 23.8 Å². The van der Waals surface area contributed by atoms with Crippen LogP contribution in [0, 0.1) is 5.92 Å². The second kappa shape index (κ2) is 6.27. The van der Waals surface area contributed by atoms with Gasteiger partial charge in [-0.25, -0.2) is 17.9 Å². The van der Waals surface area contributed by atoms with Crippen LogP contribution in [0.2, 0.25) is 0 Å². The van der Waals surface area contributed by atoms with Gasteiger partial charge in [0.25, 0.3) is 0 Å². The number of sulfonamides is 1. The number of nitrogens with zero attached hydrogens (tertiary/aromatic N) is 2. The standard InChI is InChI=1S/C14H20N4O3S.ClH/c1-17-12-6-5-10(7-13(12)18(2)14(17)19)22(20,21)16-11(8-15)9-3-4-9;/h5-7,9,11,16H,3-4,8,15H2,1-2H3;1H. The highest BCUT2D eigenvalue weighted by atomic mass is 35.5. The van der Waals surface area contributed by atoms with Crippen molar-refractivity contribution in [2.75, 3.05) is 6.54 Å². The third-order valence-electron chi connectivity index (χ3n) is 4.31. The number of hydrogen-bond acceptors (Lipinski definition) is 4. The highest BCUT2D eigenvalue weighted by Gasteiger charge is 2.33. The van der Waals surface area contributed by atoms with Crippen molar-refractivity contribution in [3.63, 3.8) is 0 Å². The van der Waals surface area contributed by atoms with Crippen LogP contribution in [0.1, 0.15) is 12.8 Å². The Kier molecular flexibility index (Phi) is 4.91. The molecule has 1 heterocycles. The average molecular weight is 361 g/mol. The van der Waals surface area contributed by atoms with E-state index in [0.29, 0.717) is 17.0 Å². The van der Waals surface area contributed by atoms with Crippen molar-refractivity contribution in [2.24, 2.45) is 25.7 Å². The lowest BCUT2D eigenvalue weighted by atomic mass is 10.2. The SMILES string of the molecule is Cl.Cn1c(=O)n(C)c2cc(S(=O)(=O)NC(CN)C3CC3)ccc21. The van der Waals surface area contributed by atoms with Crippen LogP contribution in [0.15, 0.2) is 27.9 Å². The zero-order valence-electron chi connectivity index (χ0n) is 13.0. The van der Waals surface area contributed by atoms with Crippen LogP contribution in [0.3, 0.4) is 0 Å². The molecule has 1 aliphatic rings. The minimum absolute atomic E-state index is 0. The second-order valence-electron chi connectivity index (χ2n) is 5.85. The maximum atomic E-state index is 12.5. The molecule has 0 saturated heterocycles. The van der Waals surface area contributed by atoms with Gasteiger partial charge in [0.2, 0.25) is 10.0 Å². The highest BCUT2D eigenvalue weighted by Crippen LogP contribution is 2.33. The van der Waals surface area contributed by atoms with Crippen molar-refractivity contribution in [3.8, 4) is 0 Å². The van der Waals surface area contributed by atoms with Gasteiger partial charge in [-0.3, -0.25) is 9.13 Å². The van der Waals surface area contributed by atoms with Crippen LogP contribution >= 0.6 is 12.4 Å². The lowest BCUT2D eigenvalue weighted by Gasteiger charge is -2.16. The van der Waals surface area contributed by atoms with Crippen molar-refractivity contribution in [1.29, 1.82) is 0 Å². The molecule has 0 aliphatic heterocycles. The number of halogens is 1. The number of nitrogens with one attached hydrogen (secondary N) is 1. The second-order valence-corrected chi connectivity index (χ2v) is 7.57. The number of rotatable bonds is 5. The van der Waals surface area contributed by atoms with Gasteiger partial charge < -0.3 is 5.73 Å². The molecule has 1 atom stereocenters. The van der Waals surface area contributed by atoms with Crippen LogP contribution < -0.4 is 16.1 Å². The van der Waals surface area contributed by atoms with E-state index in [-0.39, 0.29) is 35.6 Å². The summed E-state index contributed by atoms with van der Waals surface area (Å²) in [5.41, 5.74) is 6.76. The summed E-state index contributed by atoms with van der Waals surface area (Å²) in [5.74, 6) is 0.338. The molecule has 0 radical (unpaired) electrons. The Morgan fingerprint density at radius 1 is 1.26 bits per heavy atom. The Labute approximate surface area is 140 Å². The molecule has 0 spiro atoms. The molecule has 1 unspecified atom stereocenters. The van der Waals surface area contributed by atoms with E-state index in [2.05, 4.69) is 4.72 Å². The first kappa shape index (κ1) is 18.0. The van der Waals surface area contributed by atoms with Gasteiger partial charge in [-0.05, 0) is 37.0 Å². The topological polar surface area (TPSA) is 99.1 Å². The van der Waals surface area contributed by atoms with Crippen molar-refractivity contribution < 1.29 is 8.42 Å². The third-order valence-corrected chi connectivity index (χ3v) is 5.79. The van der Waals surface area contributed by atoms with E-state index in [1.165, 1.54) is 21.3 Å². The zero-order chi connectivity index (χ0) is 16.1. The molecule has 128 valence electrons. The van der Waals surface area contributed by atoms with E-state index in [1.807, 2.05) is 0 Å².